The van der Waals surface area contributed by atoms with Crippen molar-refractivity contribution in [1.29, 1.82) is 0 Å². The van der Waals surface area contributed by atoms with Gasteiger partial charge in [0.15, 0.2) is 0 Å². The molecule has 20 heavy (non-hydrogen) atoms. The first-order chi connectivity index (χ1) is 9.58. The lowest BCUT2D eigenvalue weighted by atomic mass is 10.1. The molecule has 0 saturated heterocycles. The Morgan fingerprint density at radius 1 is 1.35 bits per heavy atom. The molecule has 3 nitrogen and oxygen atoms in total. The highest BCUT2D eigenvalue weighted by Gasteiger charge is 2.19. The maximum atomic E-state index is 12.2. The number of hydrogen-bond donors (Lipinski definition) is 1. The minimum Gasteiger partial charge on any atom is -0.335 e. The van der Waals surface area contributed by atoms with E-state index >= 15 is 0 Å². The molecule has 0 fully saturated rings. The summed E-state index contributed by atoms with van der Waals surface area (Å²) in [6, 6.07) is 6.40. The zero-order chi connectivity index (χ0) is 14.5. The topological polar surface area (TPSA) is 32.3 Å². The standard InChI is InChI=1S/C15H20N2OS2/c1-11(9-13-6-8-19-10-13)16-15(18)17(3)12(2)14-5-4-7-20-14/h4-8,10-12H,9H2,1-3H3,(H,16,18)/t11-,12-/m1/s1. The molecule has 0 bridgehead atoms. The molecule has 2 rings (SSSR count). The average molecular weight is 308 g/mol. The van der Waals surface area contributed by atoms with Gasteiger partial charge in [-0.05, 0) is 54.1 Å². The molecule has 0 aliphatic carbocycles. The lowest BCUT2D eigenvalue weighted by Gasteiger charge is -2.26. The smallest absolute Gasteiger partial charge is 0.317 e. The van der Waals surface area contributed by atoms with Gasteiger partial charge >= 0.3 is 6.03 Å². The molecule has 1 N–H and O–H groups in total. The zero-order valence-corrected chi connectivity index (χ0v) is 13.6. The SMILES string of the molecule is C[C@H](Cc1ccsc1)NC(=O)N(C)[C@H](C)c1cccs1. The fourth-order valence-electron chi connectivity index (χ4n) is 2.02. The monoisotopic (exact) mass is 308 g/mol. The van der Waals surface area contributed by atoms with Gasteiger partial charge in [0.25, 0.3) is 0 Å². The van der Waals surface area contributed by atoms with Gasteiger partial charge in [0, 0.05) is 18.0 Å². The number of nitrogens with zero attached hydrogens (tertiary/aromatic N) is 1. The average Bonchev–Trinajstić information content (AvgIpc) is 3.09. The van der Waals surface area contributed by atoms with Gasteiger partial charge in [0.2, 0.25) is 0 Å². The third-order valence-corrected chi connectivity index (χ3v) is 5.12. The molecule has 0 aromatic carbocycles. The van der Waals surface area contributed by atoms with Crippen molar-refractivity contribution in [2.75, 3.05) is 7.05 Å². The summed E-state index contributed by atoms with van der Waals surface area (Å²) in [5, 5.41) is 9.29. The molecule has 108 valence electrons. The van der Waals surface area contributed by atoms with Gasteiger partial charge in [-0.25, -0.2) is 4.79 Å². The number of nitrogens with one attached hydrogen (secondary N) is 1. The molecule has 0 aliphatic heterocycles. The van der Waals surface area contributed by atoms with E-state index < -0.39 is 0 Å². The van der Waals surface area contributed by atoms with Crippen LogP contribution in [0.25, 0.3) is 0 Å². The van der Waals surface area contributed by atoms with Crippen LogP contribution in [0.2, 0.25) is 0 Å². The van der Waals surface area contributed by atoms with Gasteiger partial charge in [-0.1, -0.05) is 6.07 Å². The summed E-state index contributed by atoms with van der Waals surface area (Å²) in [5.41, 5.74) is 1.27. The molecule has 2 amide bonds. The number of amides is 2. The van der Waals surface area contributed by atoms with Crippen LogP contribution in [0.4, 0.5) is 4.79 Å². The highest BCUT2D eigenvalue weighted by atomic mass is 32.1. The van der Waals surface area contributed by atoms with Crippen molar-refractivity contribution in [3.8, 4) is 0 Å². The van der Waals surface area contributed by atoms with Crippen LogP contribution >= 0.6 is 22.7 Å². The van der Waals surface area contributed by atoms with Gasteiger partial charge in [-0.2, -0.15) is 11.3 Å². The second-order valence-electron chi connectivity index (χ2n) is 4.99. The van der Waals surface area contributed by atoms with Gasteiger partial charge in [-0.3, -0.25) is 0 Å². The van der Waals surface area contributed by atoms with Crippen LogP contribution in [0.5, 0.6) is 0 Å². The first kappa shape index (κ1) is 15.1. The van der Waals surface area contributed by atoms with E-state index in [1.165, 1.54) is 10.4 Å². The Balaban J connectivity index is 1.87. The highest BCUT2D eigenvalue weighted by molar-refractivity contribution is 7.10. The number of hydrogen-bond acceptors (Lipinski definition) is 3. The fourth-order valence-corrected chi connectivity index (χ4v) is 3.53. The van der Waals surface area contributed by atoms with Crippen molar-refractivity contribution < 1.29 is 4.79 Å². The van der Waals surface area contributed by atoms with Crippen LogP contribution in [-0.4, -0.2) is 24.0 Å². The Bertz CT molecular complexity index is 522. The number of thiophene rings is 2. The Hall–Kier alpha value is -1.33. The van der Waals surface area contributed by atoms with E-state index in [1.54, 1.807) is 27.6 Å². The lowest BCUT2D eigenvalue weighted by Crippen LogP contribution is -2.43. The van der Waals surface area contributed by atoms with Crippen LogP contribution in [0.3, 0.4) is 0 Å². The minimum atomic E-state index is -0.0198. The van der Waals surface area contributed by atoms with Crippen molar-refractivity contribution in [2.45, 2.75) is 32.4 Å². The van der Waals surface area contributed by atoms with Crippen LogP contribution in [-0.2, 0) is 6.42 Å². The summed E-state index contributed by atoms with van der Waals surface area (Å²) in [6.45, 7) is 4.09. The molecule has 0 aliphatic rings. The largest absolute Gasteiger partial charge is 0.335 e. The van der Waals surface area contributed by atoms with E-state index in [-0.39, 0.29) is 18.1 Å². The van der Waals surface area contributed by atoms with E-state index in [9.17, 15) is 4.79 Å². The van der Waals surface area contributed by atoms with E-state index in [4.69, 9.17) is 0 Å². The Morgan fingerprint density at radius 2 is 2.15 bits per heavy atom. The van der Waals surface area contributed by atoms with Crippen molar-refractivity contribution in [2.24, 2.45) is 0 Å². The Labute approximate surface area is 128 Å². The zero-order valence-electron chi connectivity index (χ0n) is 12.0. The molecular weight excluding hydrogens is 288 g/mol. The summed E-state index contributed by atoms with van der Waals surface area (Å²) in [4.78, 5) is 15.2. The number of carbonyl (C=O) groups excluding carboxylic acids is 1. The predicted octanol–water partition coefficient (Wildman–Crippen LogP) is 4.14. The molecule has 0 unspecified atom stereocenters. The van der Waals surface area contributed by atoms with Crippen molar-refractivity contribution in [1.82, 2.24) is 10.2 Å². The molecular formula is C15H20N2OS2. The summed E-state index contributed by atoms with van der Waals surface area (Å²) in [5.74, 6) is 0. The molecule has 2 aromatic rings. The normalized spacial score (nSPS) is 13.8. The molecule has 2 aromatic heterocycles. The third-order valence-electron chi connectivity index (χ3n) is 3.35. The third kappa shape index (κ3) is 3.84. The number of urea groups is 1. The maximum absolute atomic E-state index is 12.2. The first-order valence-corrected chi connectivity index (χ1v) is 8.48. The van der Waals surface area contributed by atoms with Gasteiger partial charge in [-0.15, -0.1) is 11.3 Å². The molecule has 2 heterocycles. The molecule has 2 atom stereocenters. The summed E-state index contributed by atoms with van der Waals surface area (Å²) < 4.78 is 0. The first-order valence-electron chi connectivity index (χ1n) is 6.65. The van der Waals surface area contributed by atoms with E-state index in [0.717, 1.165) is 6.42 Å². The van der Waals surface area contributed by atoms with Crippen LogP contribution in [0, 0.1) is 0 Å². The molecule has 0 radical (unpaired) electrons. The van der Waals surface area contributed by atoms with E-state index in [0.29, 0.717) is 0 Å². The van der Waals surface area contributed by atoms with Crippen molar-refractivity contribution in [3.63, 3.8) is 0 Å². The summed E-state index contributed by atoms with van der Waals surface area (Å²) in [7, 11) is 1.84. The van der Waals surface area contributed by atoms with Crippen LogP contribution < -0.4 is 5.32 Å². The predicted molar refractivity (Wildman–Crippen MR) is 86.5 cm³/mol. The van der Waals surface area contributed by atoms with Crippen molar-refractivity contribution >= 4 is 28.7 Å². The van der Waals surface area contributed by atoms with Gasteiger partial charge in [0.05, 0.1) is 6.04 Å². The highest BCUT2D eigenvalue weighted by Crippen LogP contribution is 2.23. The summed E-state index contributed by atoms with van der Waals surface area (Å²) >= 11 is 3.37. The van der Waals surface area contributed by atoms with Crippen LogP contribution in [0.15, 0.2) is 34.3 Å². The Morgan fingerprint density at radius 3 is 2.75 bits per heavy atom. The quantitative estimate of drug-likeness (QED) is 0.884. The number of rotatable bonds is 5. The maximum Gasteiger partial charge on any atom is 0.317 e. The van der Waals surface area contributed by atoms with E-state index in [1.807, 2.05) is 25.4 Å². The van der Waals surface area contributed by atoms with Gasteiger partial charge < -0.3 is 10.2 Å². The second kappa shape index (κ2) is 6.90. The van der Waals surface area contributed by atoms with Crippen LogP contribution in [0.1, 0.15) is 30.3 Å². The van der Waals surface area contributed by atoms with Gasteiger partial charge in [0.1, 0.15) is 0 Å². The van der Waals surface area contributed by atoms with Crippen molar-refractivity contribution in [3.05, 3.63) is 44.8 Å². The molecule has 0 saturated carbocycles. The summed E-state index contributed by atoms with van der Waals surface area (Å²) in [6.07, 6.45) is 0.871. The fraction of sp³-hybridized carbons (Fsp3) is 0.400. The second-order valence-corrected chi connectivity index (χ2v) is 6.75. The lowest BCUT2D eigenvalue weighted by molar-refractivity contribution is 0.192. The Kier molecular flexibility index (Phi) is 5.20. The number of carbonyl (C=O) groups is 1. The molecule has 5 heteroatoms. The van der Waals surface area contributed by atoms with E-state index in [2.05, 4.69) is 35.1 Å². The minimum absolute atomic E-state index is 0.0198. The molecule has 0 spiro atoms.